The number of nitrogens with one attached hydrogen (secondary N) is 4. The monoisotopic (exact) mass is 1550 g/mol. The maximum Gasteiger partial charge on any atom is 0.326 e. The Morgan fingerprint density at radius 1 is 0.430 bits per heavy atom. The number of carboxylic acids is 2. The van der Waals surface area contributed by atoms with Crippen molar-refractivity contribution in [1.82, 2.24) is 16.0 Å². The first-order valence-corrected chi connectivity index (χ1v) is 44.1. The summed E-state index contributed by atoms with van der Waals surface area (Å²) < 4.78 is 30.4. The van der Waals surface area contributed by atoms with E-state index in [1.165, 1.54) is 118 Å². The molecule has 0 saturated heterocycles. The van der Waals surface area contributed by atoms with E-state index in [0.717, 1.165) is 51.4 Å². The Kier molecular flexibility index (Phi) is 61.0. The second kappa shape index (κ2) is 63.1. The minimum absolute atomic E-state index is 0.0132. The van der Waals surface area contributed by atoms with Gasteiger partial charge >= 0.3 is 11.9 Å². The third-order valence-corrected chi connectivity index (χ3v) is 26.2. The lowest BCUT2D eigenvalue weighted by Gasteiger charge is -2.19. The smallest absolute Gasteiger partial charge is 0.326 e. The van der Waals surface area contributed by atoms with Crippen LogP contribution in [0.5, 0.6) is 0 Å². The van der Waals surface area contributed by atoms with Gasteiger partial charge in [0.25, 0.3) is 0 Å². The molecule has 100 heavy (non-hydrogen) atoms. The van der Waals surface area contributed by atoms with Gasteiger partial charge in [-0.1, -0.05) is 163 Å². The molecule has 576 valence electrons. The fraction of sp³-hybridized carbons (Fsp3) is 0.812. The molecule has 0 aromatic heterocycles. The lowest BCUT2D eigenvalue weighted by atomic mass is 9.95. The van der Waals surface area contributed by atoms with E-state index in [-0.39, 0.29) is 184 Å². The van der Waals surface area contributed by atoms with Gasteiger partial charge in [0.05, 0.1) is 44.3 Å². The van der Waals surface area contributed by atoms with Crippen LogP contribution in [0.25, 0.3) is 0 Å². The fourth-order valence-corrected chi connectivity index (χ4v) is 19.6. The zero-order valence-electron chi connectivity index (χ0n) is 60.4. The number of hydrogen-bond donors (Lipinski definition) is 7. The van der Waals surface area contributed by atoms with E-state index in [1.54, 1.807) is 13.8 Å². The minimum Gasteiger partial charge on any atom is -0.481 e. The number of hydrogen-bond acceptors (Lipinski definition) is 25. The number of nitrogens with two attached hydrogens (primary N) is 1. The summed E-state index contributed by atoms with van der Waals surface area (Å²) in [7, 11) is 6.87. The maximum absolute atomic E-state index is 13.3. The quantitative estimate of drug-likeness (QED) is 0.0220. The second-order valence-corrected chi connectivity index (χ2v) is 34.7. The van der Waals surface area contributed by atoms with Crippen LogP contribution in [-0.4, -0.2) is 203 Å². The number of aliphatic carboxylic acids is 2. The molecular formula is C69H119N5O19S7. The summed E-state index contributed by atoms with van der Waals surface area (Å²) in [6, 6.07) is -1.96. The second-order valence-electron chi connectivity index (χ2n) is 25.3. The molecule has 0 aliphatic carbocycles. The van der Waals surface area contributed by atoms with Crippen molar-refractivity contribution in [3.8, 4) is 0 Å². The Balaban J connectivity index is 4.13. The van der Waals surface area contributed by atoms with Crippen molar-refractivity contribution in [3.05, 3.63) is 0 Å². The zero-order chi connectivity index (χ0) is 74.9. The molecular weight excluding hydrogens is 1430 g/mol. The Bertz CT molecular complexity index is 2450. The first-order valence-electron chi connectivity index (χ1n) is 35.3. The minimum atomic E-state index is -1.62. The van der Waals surface area contributed by atoms with Gasteiger partial charge in [0.2, 0.25) is 22.8 Å². The van der Waals surface area contributed by atoms with Gasteiger partial charge in [0, 0.05) is 122 Å². The van der Waals surface area contributed by atoms with E-state index in [2.05, 4.69) is 16.0 Å². The van der Waals surface area contributed by atoms with Crippen molar-refractivity contribution in [2.45, 2.75) is 226 Å². The van der Waals surface area contributed by atoms with Gasteiger partial charge in [0.15, 0.2) is 5.78 Å². The van der Waals surface area contributed by atoms with Crippen molar-refractivity contribution >= 4 is 151 Å². The molecule has 0 spiro atoms. The van der Waals surface area contributed by atoms with Crippen molar-refractivity contribution in [3.63, 3.8) is 0 Å². The lowest BCUT2D eigenvalue weighted by Crippen LogP contribution is -2.41. The Hall–Kier alpha value is -3.24. The highest BCUT2D eigenvalue weighted by Gasteiger charge is 2.30. The van der Waals surface area contributed by atoms with Crippen LogP contribution in [0.1, 0.15) is 209 Å². The summed E-state index contributed by atoms with van der Waals surface area (Å²) in [4.78, 5) is 160. The molecule has 8 N–H and O–H groups in total. The highest BCUT2D eigenvalue weighted by Crippen LogP contribution is 2.32. The van der Waals surface area contributed by atoms with Gasteiger partial charge < -0.3 is 50.8 Å². The van der Waals surface area contributed by atoms with Gasteiger partial charge in [0.1, 0.15) is 54.0 Å². The van der Waals surface area contributed by atoms with Gasteiger partial charge in [-0.25, -0.2) is 4.79 Å². The van der Waals surface area contributed by atoms with Crippen LogP contribution in [0, 0.1) is 34.4 Å². The van der Waals surface area contributed by atoms with Crippen LogP contribution >= 0.6 is 64.8 Å². The van der Waals surface area contributed by atoms with E-state index in [9.17, 15) is 67.4 Å². The Labute approximate surface area is 620 Å². The van der Waals surface area contributed by atoms with E-state index in [4.69, 9.17) is 34.6 Å². The predicted octanol–water partition coefficient (Wildman–Crippen LogP) is 10.6. The van der Waals surface area contributed by atoms with E-state index in [0.29, 0.717) is 68.3 Å². The molecule has 9 atom stereocenters. The molecule has 0 aromatic carbocycles. The van der Waals surface area contributed by atoms with Crippen LogP contribution in [0.4, 0.5) is 0 Å². The lowest BCUT2D eigenvalue weighted by molar-refractivity contribution is -0.142. The topological polar surface area (TPSA) is 385 Å². The number of carbonyl (C=O) groups is 13. The largest absolute Gasteiger partial charge is 0.481 e. The molecule has 0 fully saturated rings. The van der Waals surface area contributed by atoms with Crippen LogP contribution in [-0.2, 0) is 92.0 Å². The molecule has 31 heteroatoms. The summed E-state index contributed by atoms with van der Waals surface area (Å²) in [5.41, 5.74) is 6.21. The number of ketones is 7. The van der Waals surface area contributed by atoms with Gasteiger partial charge in [-0.3, -0.25) is 62.3 Å². The van der Waals surface area contributed by atoms with Crippen molar-refractivity contribution in [2.75, 3.05) is 100 Å². The first kappa shape index (κ1) is 96.8. The van der Waals surface area contributed by atoms with Gasteiger partial charge in [-0.05, 0) is 83.3 Å². The van der Waals surface area contributed by atoms with Crippen molar-refractivity contribution < 1.29 is 91.5 Å². The number of carboxylic acid groups (broad SMARTS) is 2. The molecule has 0 saturated carbocycles. The Morgan fingerprint density at radius 3 is 1.43 bits per heavy atom. The number of amides is 3. The van der Waals surface area contributed by atoms with Crippen LogP contribution in [0.15, 0.2) is 0 Å². The molecule has 0 rings (SSSR count). The van der Waals surface area contributed by atoms with E-state index >= 15 is 0 Å². The van der Waals surface area contributed by atoms with Crippen LogP contribution < -0.4 is 21.7 Å². The molecule has 0 heterocycles. The molecule has 0 bridgehead atoms. The molecule has 0 aromatic rings. The van der Waals surface area contributed by atoms with Crippen LogP contribution in [0.3, 0.4) is 0 Å². The zero-order valence-corrected chi connectivity index (χ0v) is 66.1. The molecule has 24 nitrogen and oxygen atoms in total. The molecule has 3 amide bonds. The number of ether oxygens (including phenoxy) is 4. The van der Waals surface area contributed by atoms with Crippen molar-refractivity contribution in [1.29, 1.82) is 4.78 Å². The first-order chi connectivity index (χ1) is 47.7. The van der Waals surface area contributed by atoms with E-state index in [1.807, 2.05) is 13.8 Å². The highest BCUT2D eigenvalue weighted by molar-refractivity contribution is 8.77. The normalized spacial score (nSPS) is 14.1. The summed E-state index contributed by atoms with van der Waals surface area (Å²) in [6.07, 6.45) is 17.5. The molecule has 0 radical (unpaired) electrons. The fourth-order valence-electron chi connectivity index (χ4n) is 9.28. The van der Waals surface area contributed by atoms with Crippen molar-refractivity contribution in [2.24, 2.45) is 35.3 Å². The summed E-state index contributed by atoms with van der Waals surface area (Å²) in [5.74, 6) is -3.19. The standard InChI is InChI=1S/C69H119N5O19S7/c1-49(52(4)75)43-94-97-46-56(53(5)76)39-61(80)50(2)44-95-96-45-51(3)69(89)100(71)63(55(7)78)48-99-98-47-57(54(6)77)40-62(81)59(70)26-22-23-31-72-66(84)42-93-38-35-90-33-24-25-58(79)41-92-37-36-91-34-32-73-64(82)30-29-60(68(87)88)74-65(83)27-20-18-16-14-12-10-8-9-11-13-15-17-19-21-28-67(85)86/h49-51,56-57,59-60,63,71H,8-48,70H2,1-7H3,(H,72,84)(H,73,82)(H,74,83)(H,85,86)(H,87,88)/t49-,50-,51-,56-,57-,59-,60-,63-,100?/m0/s1. The molecule has 1 unspecified atom stereocenters. The molecule has 0 aliphatic rings. The summed E-state index contributed by atoms with van der Waals surface area (Å²) in [5, 5.41) is 25.1. The highest BCUT2D eigenvalue weighted by atomic mass is 33.1. The van der Waals surface area contributed by atoms with E-state index < -0.39 is 57.7 Å². The number of Topliss-reactive ketones (excluding diaryl/α,β-unsaturated/α-hetero) is 7. The maximum atomic E-state index is 13.3. The number of unbranched alkanes of at least 4 members (excludes halogenated alkanes) is 14. The summed E-state index contributed by atoms with van der Waals surface area (Å²) >= 11 is 0. The average Bonchev–Trinajstić information content (AvgIpc) is 0.890. The third-order valence-electron chi connectivity index (χ3n) is 16.2. The van der Waals surface area contributed by atoms with Gasteiger partial charge in [-0.15, -0.1) is 0 Å². The van der Waals surface area contributed by atoms with Crippen LogP contribution in [0.2, 0.25) is 0 Å². The molecule has 0 aliphatic heterocycles. The predicted molar refractivity (Wildman–Crippen MR) is 406 cm³/mol. The third kappa shape index (κ3) is 54.4. The summed E-state index contributed by atoms with van der Waals surface area (Å²) in [6.45, 7) is 12.7. The SMILES string of the molecule is CC(=O)[C@H](CSSC[C@H](C)C(C)=O)CC(=O)[C@@H](C)CSSC[C@H](C)C(=O)S(=N)[C@@H](CSSC[C@H](CC(=O)[C@@H](N)CCCCNC(=O)COCCOCCCC(=O)COCCOCCNC(=O)CC[C@H](NC(=O)CCCCCCCCCCCCCCCCC(=O)O)C(=O)O)C(C)=O)C(C)=O. The van der Waals surface area contributed by atoms with Gasteiger partial charge in [-0.2, -0.15) is 0 Å². The number of rotatable bonds is 71. The average molecular weight is 1550 g/mol. The Morgan fingerprint density at radius 2 is 0.900 bits per heavy atom. The number of carbonyl (C=O) groups excluding carboxylic acids is 11.